The first-order valence-corrected chi connectivity index (χ1v) is 6.05. The van der Waals surface area contributed by atoms with Crippen LogP contribution in [0.5, 0.6) is 0 Å². The van der Waals surface area contributed by atoms with Crippen LogP contribution in [0.15, 0.2) is 0 Å². The van der Waals surface area contributed by atoms with E-state index in [-0.39, 0.29) is 29.7 Å². The predicted molar refractivity (Wildman–Crippen MR) is 51.2 cm³/mol. The average molecular weight is 211 g/mol. The lowest BCUT2D eigenvalue weighted by Crippen LogP contribution is -2.30. The minimum atomic E-state index is -2.96. The van der Waals surface area contributed by atoms with Crippen LogP contribution >= 0.6 is 12.6 Å². The number of carbonyl (C=O) groups is 1. The van der Waals surface area contributed by atoms with E-state index in [0.29, 0.717) is 0 Å². The summed E-state index contributed by atoms with van der Waals surface area (Å²) in [7, 11) is -2.96. The Morgan fingerprint density at radius 1 is 1.50 bits per heavy atom. The second kappa shape index (κ2) is 5.42. The molecule has 0 radical (unpaired) electrons. The van der Waals surface area contributed by atoms with Gasteiger partial charge in [-0.25, -0.2) is 8.42 Å². The number of hydrogen-bond donors (Lipinski definition) is 2. The van der Waals surface area contributed by atoms with E-state index < -0.39 is 9.84 Å². The summed E-state index contributed by atoms with van der Waals surface area (Å²) >= 11 is 3.72. The molecule has 0 saturated heterocycles. The maximum absolute atomic E-state index is 10.9. The van der Waals surface area contributed by atoms with E-state index >= 15 is 0 Å². The van der Waals surface area contributed by atoms with Crippen molar-refractivity contribution in [3.63, 3.8) is 0 Å². The summed E-state index contributed by atoms with van der Waals surface area (Å²) in [5.41, 5.74) is 0. The van der Waals surface area contributed by atoms with Crippen molar-refractivity contribution in [1.29, 1.82) is 0 Å². The summed E-state index contributed by atoms with van der Waals surface area (Å²) in [6, 6.07) is 0. The maximum atomic E-state index is 10.9. The molecule has 6 heteroatoms. The van der Waals surface area contributed by atoms with E-state index in [1.54, 1.807) is 6.92 Å². The molecule has 0 unspecified atom stereocenters. The molecule has 0 atom stereocenters. The monoisotopic (exact) mass is 211 g/mol. The van der Waals surface area contributed by atoms with E-state index in [1.165, 1.54) is 0 Å². The van der Waals surface area contributed by atoms with Crippen molar-refractivity contribution in [1.82, 2.24) is 5.32 Å². The number of amides is 1. The van der Waals surface area contributed by atoms with Gasteiger partial charge < -0.3 is 5.32 Å². The van der Waals surface area contributed by atoms with Crippen molar-refractivity contribution < 1.29 is 13.2 Å². The molecule has 1 N–H and O–H groups in total. The van der Waals surface area contributed by atoms with Gasteiger partial charge in [-0.2, -0.15) is 12.6 Å². The minimum Gasteiger partial charge on any atom is -0.354 e. The van der Waals surface area contributed by atoms with Gasteiger partial charge in [0.2, 0.25) is 5.91 Å². The normalized spacial score (nSPS) is 11.2. The molecule has 0 bridgehead atoms. The first kappa shape index (κ1) is 11.8. The summed E-state index contributed by atoms with van der Waals surface area (Å²) in [6.45, 7) is 1.76. The van der Waals surface area contributed by atoms with E-state index in [0.717, 1.165) is 0 Å². The summed E-state index contributed by atoms with van der Waals surface area (Å²) in [5, 5.41) is 2.43. The zero-order chi connectivity index (χ0) is 9.61. The molecule has 0 aromatic rings. The minimum absolute atomic E-state index is 0.00299. The molecule has 72 valence electrons. The molecule has 0 heterocycles. The smallest absolute Gasteiger partial charge is 0.229 e. The zero-order valence-electron chi connectivity index (χ0n) is 6.91. The second-order valence-electron chi connectivity index (χ2n) is 2.24. The lowest BCUT2D eigenvalue weighted by Gasteiger charge is -2.02. The van der Waals surface area contributed by atoms with Crippen LogP contribution in [-0.4, -0.2) is 38.1 Å². The molecule has 1 amide bonds. The number of nitrogens with one attached hydrogen (secondary N) is 1. The van der Waals surface area contributed by atoms with Crippen LogP contribution in [-0.2, 0) is 14.6 Å². The summed E-state index contributed by atoms with van der Waals surface area (Å²) < 4.78 is 21.8. The average Bonchev–Trinajstić information content (AvgIpc) is 2.04. The van der Waals surface area contributed by atoms with Crippen LogP contribution in [0.4, 0.5) is 0 Å². The quantitative estimate of drug-likeness (QED) is 0.601. The van der Waals surface area contributed by atoms with Crippen LogP contribution in [0.2, 0.25) is 0 Å². The molecule has 0 aliphatic heterocycles. The Morgan fingerprint density at radius 3 is 2.50 bits per heavy atom. The number of sulfone groups is 1. The number of hydrogen-bond acceptors (Lipinski definition) is 4. The van der Waals surface area contributed by atoms with Crippen LogP contribution in [0, 0.1) is 0 Å². The van der Waals surface area contributed by atoms with Gasteiger partial charge in [0.1, 0.15) is 0 Å². The molecule has 0 fully saturated rings. The summed E-state index contributed by atoms with van der Waals surface area (Å²) in [5.74, 6) is -0.0384. The van der Waals surface area contributed by atoms with Gasteiger partial charge in [-0.1, -0.05) is 6.92 Å². The van der Waals surface area contributed by atoms with Crippen molar-refractivity contribution in [2.75, 3.05) is 23.8 Å². The van der Waals surface area contributed by atoms with Gasteiger partial charge in [-0.3, -0.25) is 4.79 Å². The Hall–Kier alpha value is -0.230. The molecule has 0 aromatic heterocycles. The standard InChI is InChI=1S/C6H13NO3S2/c1-2-12(9,10)4-3-7-6(8)5-11/h11H,2-5H2,1H3,(H,7,8). The van der Waals surface area contributed by atoms with Crippen molar-refractivity contribution in [2.45, 2.75) is 6.92 Å². The lowest BCUT2D eigenvalue weighted by molar-refractivity contribution is -0.118. The SMILES string of the molecule is CCS(=O)(=O)CCNC(=O)CS. The lowest BCUT2D eigenvalue weighted by atomic mass is 10.6. The molecule has 0 aliphatic rings. The Morgan fingerprint density at radius 2 is 2.08 bits per heavy atom. The second-order valence-corrected chi connectivity index (χ2v) is 5.03. The fourth-order valence-electron chi connectivity index (χ4n) is 0.546. The predicted octanol–water partition coefficient (Wildman–Crippen LogP) is -0.533. The number of thiol groups is 1. The Balaban J connectivity index is 3.64. The molecular formula is C6H13NO3S2. The van der Waals surface area contributed by atoms with Crippen molar-refractivity contribution in [3.8, 4) is 0 Å². The highest BCUT2D eigenvalue weighted by molar-refractivity contribution is 7.91. The van der Waals surface area contributed by atoms with Gasteiger partial charge in [0.15, 0.2) is 9.84 Å². The van der Waals surface area contributed by atoms with E-state index in [9.17, 15) is 13.2 Å². The summed E-state index contributed by atoms with van der Waals surface area (Å²) in [6.07, 6.45) is 0. The van der Waals surface area contributed by atoms with Gasteiger partial charge in [-0.05, 0) is 0 Å². The van der Waals surface area contributed by atoms with Gasteiger partial charge >= 0.3 is 0 Å². The highest BCUT2D eigenvalue weighted by atomic mass is 32.2. The first-order valence-electron chi connectivity index (χ1n) is 3.60. The van der Waals surface area contributed by atoms with Crippen LogP contribution in [0.3, 0.4) is 0 Å². The van der Waals surface area contributed by atoms with E-state index in [2.05, 4.69) is 17.9 Å². The Bertz CT molecular complexity index is 235. The topological polar surface area (TPSA) is 63.2 Å². The number of rotatable bonds is 5. The molecule has 4 nitrogen and oxygen atoms in total. The van der Waals surface area contributed by atoms with Gasteiger partial charge in [-0.15, -0.1) is 0 Å². The maximum Gasteiger partial charge on any atom is 0.229 e. The zero-order valence-corrected chi connectivity index (χ0v) is 8.62. The largest absolute Gasteiger partial charge is 0.354 e. The number of carbonyl (C=O) groups excluding carboxylic acids is 1. The van der Waals surface area contributed by atoms with Crippen molar-refractivity contribution in [2.24, 2.45) is 0 Å². The molecule has 12 heavy (non-hydrogen) atoms. The van der Waals surface area contributed by atoms with Gasteiger partial charge in [0, 0.05) is 12.3 Å². The molecule has 0 rings (SSSR count). The Labute approximate surface area is 78.1 Å². The van der Waals surface area contributed by atoms with Crippen LogP contribution < -0.4 is 5.32 Å². The van der Waals surface area contributed by atoms with Crippen LogP contribution in [0.1, 0.15) is 6.92 Å². The van der Waals surface area contributed by atoms with E-state index in [1.807, 2.05) is 0 Å². The third kappa shape index (κ3) is 5.42. The van der Waals surface area contributed by atoms with Crippen molar-refractivity contribution in [3.05, 3.63) is 0 Å². The highest BCUT2D eigenvalue weighted by Gasteiger charge is 2.06. The Kier molecular flexibility index (Phi) is 5.32. The van der Waals surface area contributed by atoms with Gasteiger partial charge in [0.05, 0.1) is 11.5 Å². The highest BCUT2D eigenvalue weighted by Crippen LogP contribution is 1.86. The van der Waals surface area contributed by atoms with Crippen molar-refractivity contribution >= 4 is 28.4 Å². The molecule has 0 aromatic carbocycles. The molecule has 0 aliphatic carbocycles. The van der Waals surface area contributed by atoms with Gasteiger partial charge in [0.25, 0.3) is 0 Å². The fraction of sp³-hybridized carbons (Fsp3) is 0.833. The van der Waals surface area contributed by atoms with Crippen LogP contribution in [0.25, 0.3) is 0 Å². The van der Waals surface area contributed by atoms with E-state index in [4.69, 9.17) is 0 Å². The fourth-order valence-corrected chi connectivity index (χ4v) is 1.36. The molecule has 0 saturated carbocycles. The molecule has 0 spiro atoms. The third-order valence-electron chi connectivity index (χ3n) is 1.32. The molecular weight excluding hydrogens is 198 g/mol. The first-order chi connectivity index (χ1) is 5.52. The third-order valence-corrected chi connectivity index (χ3v) is 3.31. The summed E-state index contributed by atoms with van der Waals surface area (Å²) in [4.78, 5) is 10.6.